The number of rotatable bonds is 3. The highest BCUT2D eigenvalue weighted by atomic mass is 35.5. The van der Waals surface area contributed by atoms with E-state index in [1.165, 1.54) is 0 Å². The summed E-state index contributed by atoms with van der Waals surface area (Å²) in [5.41, 5.74) is 0.867. The Hall–Kier alpha value is -1.39. The van der Waals surface area contributed by atoms with Crippen molar-refractivity contribution >= 4 is 11.6 Å². The molecule has 1 atom stereocenters. The minimum atomic E-state index is 0.0739. The smallest absolute Gasteiger partial charge is 0.257 e. The van der Waals surface area contributed by atoms with Gasteiger partial charge in [-0.3, -0.25) is 0 Å². The van der Waals surface area contributed by atoms with Gasteiger partial charge in [-0.2, -0.15) is 4.98 Å². The molecule has 0 radical (unpaired) electrons. The molecule has 16 heavy (non-hydrogen) atoms. The van der Waals surface area contributed by atoms with Crippen LogP contribution in [0.4, 0.5) is 0 Å². The quantitative estimate of drug-likeness (QED) is 0.892. The second kappa shape index (κ2) is 4.63. The van der Waals surface area contributed by atoms with Crippen molar-refractivity contribution in [2.75, 3.05) is 7.05 Å². The highest BCUT2D eigenvalue weighted by molar-refractivity contribution is 6.30. The molecule has 5 heteroatoms. The number of hydrogen-bond acceptors (Lipinski definition) is 4. The zero-order valence-electron chi connectivity index (χ0n) is 9.07. The van der Waals surface area contributed by atoms with Gasteiger partial charge >= 0.3 is 0 Å². The molecule has 1 aromatic carbocycles. The van der Waals surface area contributed by atoms with E-state index >= 15 is 0 Å². The number of aromatic nitrogens is 2. The largest absolute Gasteiger partial charge is 0.334 e. The normalized spacial score (nSPS) is 12.7. The molecule has 1 heterocycles. The summed E-state index contributed by atoms with van der Waals surface area (Å²) in [5.74, 6) is 1.15. The predicted octanol–water partition coefficient (Wildman–Crippen LogP) is 2.67. The standard InChI is InChI=1S/C11H12ClN3O/c1-7(13-2)10-14-11(16-15-10)8-3-5-9(12)6-4-8/h3-7,13H,1-2H3. The van der Waals surface area contributed by atoms with Gasteiger partial charge in [-0.1, -0.05) is 16.8 Å². The molecular weight excluding hydrogens is 226 g/mol. The van der Waals surface area contributed by atoms with Crippen molar-refractivity contribution in [1.29, 1.82) is 0 Å². The van der Waals surface area contributed by atoms with Gasteiger partial charge in [-0.05, 0) is 38.2 Å². The Morgan fingerprint density at radius 2 is 2.00 bits per heavy atom. The third kappa shape index (κ3) is 2.23. The fourth-order valence-electron chi connectivity index (χ4n) is 1.25. The molecule has 0 saturated carbocycles. The summed E-state index contributed by atoms with van der Waals surface area (Å²) in [6, 6.07) is 7.36. The van der Waals surface area contributed by atoms with Gasteiger partial charge in [-0.15, -0.1) is 0 Å². The van der Waals surface area contributed by atoms with Gasteiger partial charge in [0.2, 0.25) is 0 Å². The molecule has 0 amide bonds. The van der Waals surface area contributed by atoms with Crippen molar-refractivity contribution < 1.29 is 4.52 Å². The topological polar surface area (TPSA) is 51.0 Å². The first-order chi connectivity index (χ1) is 7.70. The Kier molecular flexibility index (Phi) is 3.22. The molecule has 1 N–H and O–H groups in total. The molecule has 1 aromatic heterocycles. The molecule has 84 valence electrons. The third-order valence-corrected chi connectivity index (χ3v) is 2.61. The van der Waals surface area contributed by atoms with Crippen LogP contribution in [-0.4, -0.2) is 17.2 Å². The molecule has 0 aliphatic heterocycles. The first-order valence-corrected chi connectivity index (χ1v) is 5.35. The van der Waals surface area contributed by atoms with Gasteiger partial charge in [0.05, 0.1) is 6.04 Å². The zero-order chi connectivity index (χ0) is 11.5. The highest BCUT2D eigenvalue weighted by Crippen LogP contribution is 2.20. The van der Waals surface area contributed by atoms with Crippen LogP contribution in [0, 0.1) is 0 Å². The summed E-state index contributed by atoms with van der Waals surface area (Å²) >= 11 is 5.80. The molecular formula is C11H12ClN3O. The Balaban J connectivity index is 2.28. The number of halogens is 1. The number of benzene rings is 1. The Bertz CT molecular complexity index is 466. The minimum Gasteiger partial charge on any atom is -0.334 e. The van der Waals surface area contributed by atoms with E-state index in [9.17, 15) is 0 Å². The van der Waals surface area contributed by atoms with Crippen LogP contribution in [0.5, 0.6) is 0 Å². The van der Waals surface area contributed by atoms with Crippen LogP contribution in [0.3, 0.4) is 0 Å². The van der Waals surface area contributed by atoms with Crippen LogP contribution in [0.1, 0.15) is 18.8 Å². The molecule has 0 saturated heterocycles. The summed E-state index contributed by atoms with van der Waals surface area (Å²) in [7, 11) is 1.85. The third-order valence-electron chi connectivity index (χ3n) is 2.35. The molecule has 0 fully saturated rings. The molecule has 0 aliphatic rings. The van der Waals surface area contributed by atoms with Crippen molar-refractivity contribution in [2.45, 2.75) is 13.0 Å². The summed E-state index contributed by atoms with van der Waals surface area (Å²) in [4.78, 5) is 4.30. The van der Waals surface area contributed by atoms with Crippen LogP contribution in [0.15, 0.2) is 28.8 Å². The lowest BCUT2D eigenvalue weighted by Gasteiger charge is -2.01. The monoisotopic (exact) mass is 237 g/mol. The van der Waals surface area contributed by atoms with Gasteiger partial charge in [0.15, 0.2) is 5.82 Å². The maximum atomic E-state index is 5.80. The van der Waals surface area contributed by atoms with Crippen LogP contribution in [0.2, 0.25) is 5.02 Å². The Morgan fingerprint density at radius 1 is 1.31 bits per heavy atom. The zero-order valence-corrected chi connectivity index (χ0v) is 9.82. The lowest BCUT2D eigenvalue weighted by molar-refractivity contribution is 0.413. The van der Waals surface area contributed by atoms with Crippen LogP contribution in [0.25, 0.3) is 11.5 Å². The maximum absolute atomic E-state index is 5.80. The van der Waals surface area contributed by atoms with Crippen molar-refractivity contribution in [3.63, 3.8) is 0 Å². The first-order valence-electron chi connectivity index (χ1n) is 4.97. The average molecular weight is 238 g/mol. The minimum absolute atomic E-state index is 0.0739. The van der Waals surface area contributed by atoms with Crippen LogP contribution < -0.4 is 5.32 Å². The molecule has 0 spiro atoms. The Labute approximate surface area is 98.6 Å². The summed E-state index contributed by atoms with van der Waals surface area (Å²) in [5, 5.41) is 7.64. The molecule has 2 aromatic rings. The summed E-state index contributed by atoms with van der Waals surface area (Å²) < 4.78 is 5.17. The van der Waals surface area contributed by atoms with Gasteiger partial charge in [0, 0.05) is 10.6 Å². The van der Waals surface area contributed by atoms with Gasteiger partial charge < -0.3 is 9.84 Å². The van der Waals surface area contributed by atoms with Crippen molar-refractivity contribution in [3.8, 4) is 11.5 Å². The van der Waals surface area contributed by atoms with E-state index < -0.39 is 0 Å². The van der Waals surface area contributed by atoms with Crippen LogP contribution in [-0.2, 0) is 0 Å². The van der Waals surface area contributed by atoms with E-state index in [1.54, 1.807) is 12.1 Å². The van der Waals surface area contributed by atoms with Crippen LogP contribution >= 0.6 is 11.6 Å². The van der Waals surface area contributed by atoms with Crippen molar-refractivity contribution in [2.24, 2.45) is 0 Å². The highest BCUT2D eigenvalue weighted by Gasteiger charge is 2.12. The second-order valence-electron chi connectivity index (χ2n) is 3.47. The van der Waals surface area contributed by atoms with E-state index in [0.29, 0.717) is 16.7 Å². The molecule has 0 bridgehead atoms. The average Bonchev–Trinajstić information content (AvgIpc) is 2.78. The lowest BCUT2D eigenvalue weighted by atomic mass is 10.2. The van der Waals surface area contributed by atoms with E-state index in [0.717, 1.165) is 5.56 Å². The van der Waals surface area contributed by atoms with E-state index in [1.807, 2.05) is 26.1 Å². The van der Waals surface area contributed by atoms with Gasteiger partial charge in [-0.25, -0.2) is 0 Å². The first kappa shape index (κ1) is 11.1. The Morgan fingerprint density at radius 3 is 2.62 bits per heavy atom. The summed E-state index contributed by atoms with van der Waals surface area (Å²) in [6.45, 7) is 1.97. The molecule has 0 aliphatic carbocycles. The van der Waals surface area contributed by atoms with Crippen molar-refractivity contribution in [3.05, 3.63) is 35.1 Å². The predicted molar refractivity (Wildman–Crippen MR) is 62.2 cm³/mol. The molecule has 4 nitrogen and oxygen atoms in total. The number of nitrogens with zero attached hydrogens (tertiary/aromatic N) is 2. The van der Waals surface area contributed by atoms with Gasteiger partial charge in [0.1, 0.15) is 0 Å². The second-order valence-corrected chi connectivity index (χ2v) is 3.91. The van der Waals surface area contributed by atoms with Crippen molar-refractivity contribution in [1.82, 2.24) is 15.5 Å². The van der Waals surface area contributed by atoms with Gasteiger partial charge in [0.25, 0.3) is 5.89 Å². The van der Waals surface area contributed by atoms with E-state index in [-0.39, 0.29) is 6.04 Å². The fraction of sp³-hybridized carbons (Fsp3) is 0.273. The van der Waals surface area contributed by atoms with E-state index in [4.69, 9.17) is 16.1 Å². The number of hydrogen-bond donors (Lipinski definition) is 1. The molecule has 2 rings (SSSR count). The lowest BCUT2D eigenvalue weighted by Crippen LogP contribution is -2.13. The molecule has 1 unspecified atom stereocenters. The maximum Gasteiger partial charge on any atom is 0.257 e. The SMILES string of the molecule is CNC(C)c1noc(-c2ccc(Cl)cc2)n1. The summed E-state index contributed by atoms with van der Waals surface area (Å²) in [6.07, 6.45) is 0. The van der Waals surface area contributed by atoms with E-state index in [2.05, 4.69) is 15.5 Å². The fourth-order valence-corrected chi connectivity index (χ4v) is 1.38. The number of nitrogens with one attached hydrogen (secondary N) is 1.